The van der Waals surface area contributed by atoms with E-state index in [2.05, 4.69) is 153 Å². The number of aromatic nitrogens is 3. The maximum absolute atomic E-state index is 6.51. The van der Waals surface area contributed by atoms with Crippen molar-refractivity contribution in [2.45, 2.75) is 20.3 Å². The predicted molar refractivity (Wildman–Crippen MR) is 212 cm³/mol. The molecule has 0 amide bonds. The van der Waals surface area contributed by atoms with Gasteiger partial charge in [-0.25, -0.2) is 0 Å². The molecule has 2 aromatic heterocycles. The molecule has 10 rings (SSSR count). The minimum absolute atomic E-state index is 0.769. The molecule has 2 heterocycles. The van der Waals surface area contributed by atoms with Crippen molar-refractivity contribution in [3.05, 3.63) is 174 Å². The molecule has 1 aliphatic carbocycles. The van der Waals surface area contributed by atoms with E-state index in [1.807, 2.05) is 18.2 Å². The number of hydrogen-bond donors (Lipinski definition) is 0. The van der Waals surface area contributed by atoms with E-state index in [-0.39, 0.29) is 0 Å². The zero-order chi connectivity index (χ0) is 34.8. The molecule has 0 N–H and O–H groups in total. The molecule has 7 aromatic carbocycles. The molecule has 0 saturated heterocycles. The second-order valence-electron chi connectivity index (χ2n) is 13.6. The highest BCUT2D eigenvalue weighted by Gasteiger charge is 2.29. The van der Waals surface area contributed by atoms with Crippen LogP contribution in [0.15, 0.2) is 156 Å². The Morgan fingerprint density at radius 3 is 1.98 bits per heavy atom. The lowest BCUT2D eigenvalue weighted by molar-refractivity contribution is 0.669. The summed E-state index contributed by atoms with van der Waals surface area (Å²) in [4.78, 5) is 0. The zero-order valence-corrected chi connectivity index (χ0v) is 28.9. The molecule has 4 heteroatoms. The molecule has 0 unspecified atom stereocenters. The fraction of sp³-hybridized carbons (Fsp3) is 0.0625. The highest BCUT2D eigenvalue weighted by Crippen LogP contribution is 2.51. The maximum Gasteiger partial charge on any atom is 0.136 e. The van der Waals surface area contributed by atoms with Gasteiger partial charge in [0, 0.05) is 27.5 Å². The van der Waals surface area contributed by atoms with Crippen LogP contribution in [0.1, 0.15) is 22.3 Å². The molecule has 0 aliphatic heterocycles. The average Bonchev–Trinajstić information content (AvgIpc) is 3.78. The van der Waals surface area contributed by atoms with Gasteiger partial charge >= 0.3 is 0 Å². The Bertz CT molecular complexity index is 2840. The largest absolute Gasteiger partial charge is 0.456 e. The normalized spacial score (nSPS) is 12.0. The van der Waals surface area contributed by atoms with Gasteiger partial charge in [-0.3, -0.25) is 0 Å². The highest BCUT2D eigenvalue weighted by molar-refractivity contribution is 6.17. The summed E-state index contributed by atoms with van der Waals surface area (Å²) in [6, 6.07) is 53.5. The number of aryl methyl sites for hydroxylation is 1. The van der Waals surface area contributed by atoms with Gasteiger partial charge in [0.1, 0.15) is 22.6 Å². The number of hydrogen-bond acceptors (Lipinski definition) is 4. The molecular weight excluding hydrogens is 635 g/mol. The van der Waals surface area contributed by atoms with Gasteiger partial charge in [-0.05, 0) is 105 Å². The zero-order valence-electron chi connectivity index (χ0n) is 28.9. The predicted octanol–water partition coefficient (Wildman–Crippen LogP) is 12.3. The molecule has 246 valence electrons. The van der Waals surface area contributed by atoms with Gasteiger partial charge in [-0.1, -0.05) is 133 Å². The third kappa shape index (κ3) is 4.65. The first-order valence-electron chi connectivity index (χ1n) is 17.8. The van der Waals surface area contributed by atoms with Gasteiger partial charge in [0.2, 0.25) is 0 Å². The van der Waals surface area contributed by atoms with Crippen LogP contribution in [-0.2, 0) is 6.42 Å². The number of benzene rings is 7. The smallest absolute Gasteiger partial charge is 0.136 e. The molecular formula is C48H33N3O. The molecule has 0 bridgehead atoms. The van der Waals surface area contributed by atoms with E-state index in [1.165, 1.54) is 44.5 Å². The minimum atomic E-state index is 0.769. The second-order valence-corrected chi connectivity index (χ2v) is 13.6. The monoisotopic (exact) mass is 667 g/mol. The van der Waals surface area contributed by atoms with Crippen molar-refractivity contribution in [3.8, 4) is 67.0 Å². The van der Waals surface area contributed by atoms with Gasteiger partial charge in [-0.15, -0.1) is 10.2 Å². The van der Waals surface area contributed by atoms with Crippen LogP contribution in [0.2, 0.25) is 0 Å². The van der Waals surface area contributed by atoms with E-state index in [4.69, 9.17) is 14.6 Å². The van der Waals surface area contributed by atoms with Crippen LogP contribution < -0.4 is 0 Å². The topological polar surface area (TPSA) is 51.8 Å². The first kappa shape index (κ1) is 30.2. The number of nitrogens with zero attached hydrogens (tertiary/aromatic N) is 3. The van der Waals surface area contributed by atoms with Crippen molar-refractivity contribution in [1.82, 2.24) is 15.4 Å². The Morgan fingerprint density at radius 2 is 1.13 bits per heavy atom. The van der Waals surface area contributed by atoms with Crippen LogP contribution in [0.5, 0.6) is 0 Å². The lowest BCUT2D eigenvalue weighted by Crippen LogP contribution is -2.04. The highest BCUT2D eigenvalue weighted by atomic mass is 16.3. The number of para-hydroxylation sites is 1. The lowest BCUT2D eigenvalue weighted by Gasteiger charge is -2.22. The van der Waals surface area contributed by atoms with E-state index in [9.17, 15) is 0 Å². The van der Waals surface area contributed by atoms with Crippen molar-refractivity contribution < 1.29 is 4.42 Å². The van der Waals surface area contributed by atoms with E-state index in [1.54, 1.807) is 0 Å². The molecule has 0 saturated carbocycles. The first-order chi connectivity index (χ1) is 25.7. The summed E-state index contributed by atoms with van der Waals surface area (Å²) in [7, 11) is 0. The maximum atomic E-state index is 6.51. The van der Waals surface area contributed by atoms with Crippen molar-refractivity contribution in [2.24, 2.45) is 0 Å². The summed E-state index contributed by atoms with van der Waals surface area (Å²) in [6.07, 6.45) is 0.887. The third-order valence-corrected chi connectivity index (χ3v) is 10.8. The summed E-state index contributed by atoms with van der Waals surface area (Å²) in [6.45, 7) is 4.45. The summed E-state index contributed by atoms with van der Waals surface area (Å²) in [5.74, 6) is 0. The summed E-state index contributed by atoms with van der Waals surface area (Å²) in [5, 5.41) is 16.5. The average molecular weight is 668 g/mol. The summed E-state index contributed by atoms with van der Waals surface area (Å²) < 4.78 is 6.51. The van der Waals surface area contributed by atoms with Crippen LogP contribution >= 0.6 is 0 Å². The molecule has 0 radical (unpaired) electrons. The van der Waals surface area contributed by atoms with Crippen molar-refractivity contribution >= 4 is 21.9 Å². The Balaban J connectivity index is 1.36. The molecule has 0 fully saturated rings. The van der Waals surface area contributed by atoms with Gasteiger partial charge in [-0.2, -0.15) is 0 Å². The van der Waals surface area contributed by atoms with Crippen molar-refractivity contribution in [2.75, 3.05) is 0 Å². The standard InChI is InChI=1S/C48H33N3O/c1-29-24-25-39(43(30(29)2)37-22-13-21-36-34-19-10-9-18-33(34)28-40(36)37)46-47(32-16-7-4-8-17-32)49-51-50-48(46)45-35(31-14-5-3-6-15-31)26-27-42-44(45)38-20-11-12-23-41(38)52-42/h3-27H,28H2,1-2H3. The molecule has 0 spiro atoms. The van der Waals surface area contributed by atoms with Gasteiger partial charge < -0.3 is 4.42 Å². The molecule has 0 atom stereocenters. The Hall–Kier alpha value is -6.65. The summed E-state index contributed by atoms with van der Waals surface area (Å²) in [5.41, 5.74) is 19.6. The van der Waals surface area contributed by atoms with Crippen LogP contribution in [-0.4, -0.2) is 15.4 Å². The fourth-order valence-electron chi connectivity index (χ4n) is 8.24. The van der Waals surface area contributed by atoms with Crippen LogP contribution in [0.4, 0.5) is 0 Å². The van der Waals surface area contributed by atoms with Crippen molar-refractivity contribution in [1.29, 1.82) is 0 Å². The lowest BCUT2D eigenvalue weighted by atomic mass is 9.82. The molecule has 4 nitrogen and oxygen atoms in total. The molecule has 1 aliphatic rings. The number of rotatable bonds is 5. The quantitative estimate of drug-likeness (QED) is 0.183. The third-order valence-electron chi connectivity index (χ3n) is 10.8. The van der Waals surface area contributed by atoms with E-state index >= 15 is 0 Å². The number of furan rings is 1. The molecule has 52 heavy (non-hydrogen) atoms. The Labute approximate surface area is 302 Å². The minimum Gasteiger partial charge on any atom is -0.456 e. The van der Waals surface area contributed by atoms with E-state index in [0.717, 1.165) is 73.1 Å². The Kier molecular flexibility index (Phi) is 6.97. The Morgan fingerprint density at radius 1 is 0.462 bits per heavy atom. The summed E-state index contributed by atoms with van der Waals surface area (Å²) >= 11 is 0. The van der Waals surface area contributed by atoms with E-state index < -0.39 is 0 Å². The number of fused-ring (bicyclic) bond motifs is 6. The van der Waals surface area contributed by atoms with Crippen molar-refractivity contribution in [3.63, 3.8) is 0 Å². The van der Waals surface area contributed by atoms with Crippen LogP contribution in [0.3, 0.4) is 0 Å². The van der Waals surface area contributed by atoms with Gasteiger partial charge in [0.15, 0.2) is 0 Å². The van der Waals surface area contributed by atoms with Crippen LogP contribution in [0.25, 0.3) is 89.0 Å². The molecule has 9 aromatic rings. The fourth-order valence-corrected chi connectivity index (χ4v) is 8.24. The van der Waals surface area contributed by atoms with E-state index in [0.29, 0.717) is 0 Å². The van der Waals surface area contributed by atoms with Gasteiger partial charge in [0.25, 0.3) is 0 Å². The van der Waals surface area contributed by atoms with Gasteiger partial charge in [0.05, 0.1) is 0 Å². The first-order valence-corrected chi connectivity index (χ1v) is 17.8. The van der Waals surface area contributed by atoms with Crippen LogP contribution in [0, 0.1) is 13.8 Å². The second kappa shape index (κ2) is 12.0. The SMILES string of the molecule is Cc1ccc(-c2c(-c3ccccc3)nnnc2-c2c(-c3ccccc3)ccc3oc4ccccc4c23)c(-c2cccc3c2Cc2ccccc2-3)c1C.